The highest BCUT2D eigenvalue weighted by molar-refractivity contribution is 5.84. The average molecular weight is 446 g/mol. The highest BCUT2D eigenvalue weighted by Gasteiger charge is 2.14. The Morgan fingerprint density at radius 1 is 0.939 bits per heavy atom. The highest BCUT2D eigenvalue weighted by Crippen LogP contribution is 2.20. The first-order chi connectivity index (χ1) is 16.1. The predicted molar refractivity (Wildman–Crippen MR) is 133 cm³/mol. The van der Waals surface area contributed by atoms with E-state index in [2.05, 4.69) is 41.4 Å². The number of nitrogens with zero attached hydrogens (tertiary/aromatic N) is 2. The first kappa shape index (κ1) is 23.9. The minimum absolute atomic E-state index is 0.324. The lowest BCUT2D eigenvalue weighted by Gasteiger charge is -2.20. The fourth-order valence-electron chi connectivity index (χ4n) is 3.23. The maximum atomic E-state index is 12.3. The molecule has 0 saturated carbocycles. The monoisotopic (exact) mass is 445 g/mol. The van der Waals surface area contributed by atoms with Gasteiger partial charge in [0.1, 0.15) is 18.1 Å². The Hall–Kier alpha value is -3.80. The first-order valence-corrected chi connectivity index (χ1v) is 11.2. The van der Waals surface area contributed by atoms with Crippen molar-refractivity contribution in [2.75, 3.05) is 18.0 Å². The third kappa shape index (κ3) is 7.38. The second-order valence-corrected chi connectivity index (χ2v) is 7.50. The molecule has 6 heteroatoms. The van der Waals surface area contributed by atoms with Crippen LogP contribution < -0.4 is 19.8 Å². The second-order valence-electron chi connectivity index (χ2n) is 7.50. The topological polar surface area (TPSA) is 63.2 Å². The maximum Gasteiger partial charge on any atom is 0.280 e. The van der Waals surface area contributed by atoms with Crippen molar-refractivity contribution in [3.63, 3.8) is 0 Å². The van der Waals surface area contributed by atoms with E-state index in [9.17, 15) is 4.79 Å². The number of hydrazone groups is 1. The standard InChI is InChI=1S/C27H31N3O3/c1-4-30(5-2)24-13-11-22(12-14-24)19-28-29-27(31)21(3)33-26-17-15-25(16-18-26)32-20-23-9-7-6-8-10-23/h6-19,21H,4-5,20H2,1-3H3,(H,29,31)/t21-/m0/s1. The van der Waals surface area contributed by atoms with Crippen LogP contribution in [0.3, 0.4) is 0 Å². The van der Waals surface area contributed by atoms with Crippen molar-refractivity contribution in [3.8, 4) is 11.5 Å². The molecule has 172 valence electrons. The first-order valence-electron chi connectivity index (χ1n) is 11.2. The van der Waals surface area contributed by atoms with Crippen molar-refractivity contribution in [1.82, 2.24) is 5.43 Å². The number of nitrogens with one attached hydrogen (secondary N) is 1. The molecule has 3 aromatic carbocycles. The van der Waals surface area contributed by atoms with Crippen LogP contribution in [0.4, 0.5) is 5.69 Å². The van der Waals surface area contributed by atoms with Gasteiger partial charge in [-0.15, -0.1) is 0 Å². The number of benzene rings is 3. The molecule has 1 amide bonds. The van der Waals surface area contributed by atoms with Crippen molar-refractivity contribution in [2.45, 2.75) is 33.5 Å². The summed E-state index contributed by atoms with van der Waals surface area (Å²) in [4.78, 5) is 14.6. The van der Waals surface area contributed by atoms with Crippen molar-refractivity contribution in [2.24, 2.45) is 5.10 Å². The Morgan fingerprint density at radius 2 is 1.58 bits per heavy atom. The van der Waals surface area contributed by atoms with E-state index in [0.717, 1.165) is 30.0 Å². The molecule has 0 aromatic heterocycles. The lowest BCUT2D eigenvalue weighted by molar-refractivity contribution is -0.127. The maximum absolute atomic E-state index is 12.3. The van der Waals surface area contributed by atoms with E-state index < -0.39 is 6.10 Å². The van der Waals surface area contributed by atoms with Gasteiger partial charge < -0.3 is 14.4 Å². The minimum atomic E-state index is -0.691. The Morgan fingerprint density at radius 3 is 2.21 bits per heavy atom. The van der Waals surface area contributed by atoms with Crippen LogP contribution in [0, 0.1) is 0 Å². The van der Waals surface area contributed by atoms with Gasteiger partial charge in [0.05, 0.1) is 6.21 Å². The van der Waals surface area contributed by atoms with Crippen LogP contribution in [0.5, 0.6) is 11.5 Å². The number of ether oxygens (including phenoxy) is 2. The van der Waals surface area contributed by atoms with Gasteiger partial charge in [0.2, 0.25) is 0 Å². The smallest absolute Gasteiger partial charge is 0.280 e. The molecule has 3 aromatic rings. The number of hydrogen-bond donors (Lipinski definition) is 1. The molecule has 1 N–H and O–H groups in total. The average Bonchev–Trinajstić information content (AvgIpc) is 2.86. The lowest BCUT2D eigenvalue weighted by atomic mass is 10.2. The summed E-state index contributed by atoms with van der Waals surface area (Å²) in [7, 11) is 0. The van der Waals surface area contributed by atoms with Gasteiger partial charge in [-0.2, -0.15) is 5.10 Å². The normalized spacial score (nSPS) is 11.7. The molecule has 3 rings (SSSR count). The van der Waals surface area contributed by atoms with Gasteiger partial charge in [0.15, 0.2) is 6.10 Å². The molecule has 0 fully saturated rings. The zero-order valence-corrected chi connectivity index (χ0v) is 19.4. The molecule has 0 bridgehead atoms. The van der Waals surface area contributed by atoms with Crippen LogP contribution in [0.15, 0.2) is 84.0 Å². The molecule has 0 aliphatic heterocycles. The lowest BCUT2D eigenvalue weighted by Crippen LogP contribution is -2.33. The summed E-state index contributed by atoms with van der Waals surface area (Å²) < 4.78 is 11.5. The zero-order valence-electron chi connectivity index (χ0n) is 19.4. The molecule has 0 unspecified atom stereocenters. The van der Waals surface area contributed by atoms with Gasteiger partial charge in [-0.05, 0) is 68.3 Å². The second kappa shape index (κ2) is 12.3. The Balaban J connectivity index is 1.45. The number of rotatable bonds is 11. The predicted octanol–water partition coefficient (Wildman–Crippen LogP) is 5.03. The molecule has 0 aliphatic rings. The molecule has 1 atom stereocenters. The summed E-state index contributed by atoms with van der Waals surface area (Å²) in [5.74, 6) is 0.996. The summed E-state index contributed by atoms with van der Waals surface area (Å²) >= 11 is 0. The van der Waals surface area contributed by atoms with Crippen molar-refractivity contribution < 1.29 is 14.3 Å². The molecule has 33 heavy (non-hydrogen) atoms. The van der Waals surface area contributed by atoms with E-state index in [1.54, 1.807) is 25.3 Å². The molecule has 0 radical (unpaired) electrons. The Kier molecular flexibility index (Phi) is 8.88. The third-order valence-electron chi connectivity index (χ3n) is 5.16. The highest BCUT2D eigenvalue weighted by atomic mass is 16.5. The van der Waals surface area contributed by atoms with E-state index in [0.29, 0.717) is 12.4 Å². The van der Waals surface area contributed by atoms with Gasteiger partial charge >= 0.3 is 0 Å². The van der Waals surface area contributed by atoms with Gasteiger partial charge in [-0.1, -0.05) is 42.5 Å². The SMILES string of the molecule is CCN(CC)c1ccc(C=NNC(=O)[C@H](C)Oc2ccc(OCc3ccccc3)cc2)cc1. The number of amides is 1. The van der Waals surface area contributed by atoms with Crippen LogP contribution in [0.1, 0.15) is 31.9 Å². The molecule has 0 spiro atoms. The zero-order chi connectivity index (χ0) is 23.5. The summed E-state index contributed by atoms with van der Waals surface area (Å²) in [5.41, 5.74) is 5.71. The van der Waals surface area contributed by atoms with Crippen molar-refractivity contribution in [3.05, 3.63) is 90.0 Å². The summed E-state index contributed by atoms with van der Waals surface area (Å²) in [6, 6.07) is 25.2. The number of hydrogen-bond acceptors (Lipinski definition) is 5. The molecule has 6 nitrogen and oxygen atoms in total. The van der Waals surface area contributed by atoms with E-state index in [-0.39, 0.29) is 5.91 Å². The summed E-state index contributed by atoms with van der Waals surface area (Å²) in [6.07, 6.45) is 0.929. The molecule has 0 heterocycles. The number of anilines is 1. The summed E-state index contributed by atoms with van der Waals surface area (Å²) in [5, 5.41) is 4.05. The van der Waals surface area contributed by atoms with Crippen molar-refractivity contribution >= 4 is 17.8 Å². The largest absolute Gasteiger partial charge is 0.489 e. The van der Waals surface area contributed by atoms with E-state index in [1.807, 2.05) is 54.6 Å². The molecular weight excluding hydrogens is 414 g/mol. The van der Waals surface area contributed by atoms with Crippen LogP contribution in [-0.2, 0) is 11.4 Å². The summed E-state index contributed by atoms with van der Waals surface area (Å²) in [6.45, 7) is 8.36. The Bertz CT molecular complexity index is 1010. The fraction of sp³-hybridized carbons (Fsp3) is 0.259. The van der Waals surface area contributed by atoms with Gasteiger partial charge in [0.25, 0.3) is 5.91 Å². The van der Waals surface area contributed by atoms with Crippen LogP contribution in [0.2, 0.25) is 0 Å². The number of carbonyl (C=O) groups is 1. The van der Waals surface area contributed by atoms with Gasteiger partial charge in [-0.3, -0.25) is 4.79 Å². The van der Waals surface area contributed by atoms with E-state index in [1.165, 1.54) is 5.69 Å². The number of carbonyl (C=O) groups excluding carboxylic acids is 1. The molecular formula is C27H31N3O3. The van der Waals surface area contributed by atoms with Gasteiger partial charge in [0, 0.05) is 18.8 Å². The molecule has 0 saturated heterocycles. The Labute approximate surface area is 195 Å². The van der Waals surface area contributed by atoms with Gasteiger partial charge in [-0.25, -0.2) is 5.43 Å². The molecule has 0 aliphatic carbocycles. The quantitative estimate of drug-likeness (QED) is 0.332. The van der Waals surface area contributed by atoms with E-state index >= 15 is 0 Å². The van der Waals surface area contributed by atoms with Crippen LogP contribution in [-0.4, -0.2) is 31.3 Å². The minimum Gasteiger partial charge on any atom is -0.489 e. The fourth-order valence-corrected chi connectivity index (χ4v) is 3.23. The van der Waals surface area contributed by atoms with Crippen LogP contribution >= 0.6 is 0 Å². The van der Waals surface area contributed by atoms with Crippen molar-refractivity contribution in [1.29, 1.82) is 0 Å². The van der Waals surface area contributed by atoms with E-state index in [4.69, 9.17) is 9.47 Å². The third-order valence-corrected chi connectivity index (χ3v) is 5.16. The van der Waals surface area contributed by atoms with Crippen LogP contribution in [0.25, 0.3) is 0 Å².